The molecule has 0 N–H and O–H groups in total. The van der Waals surface area contributed by atoms with Crippen molar-refractivity contribution in [3.63, 3.8) is 0 Å². The molecule has 0 unspecified atom stereocenters. The summed E-state index contributed by atoms with van der Waals surface area (Å²) in [7, 11) is 0. The van der Waals surface area contributed by atoms with Crippen LogP contribution < -0.4 is 4.90 Å². The van der Waals surface area contributed by atoms with Crippen LogP contribution in [0.25, 0.3) is 86.6 Å². The minimum Gasteiger partial charge on any atom is -0.456 e. The van der Waals surface area contributed by atoms with Crippen LogP contribution in [0.15, 0.2) is 265 Å². The summed E-state index contributed by atoms with van der Waals surface area (Å²) in [6.07, 6.45) is 0. The van der Waals surface area contributed by atoms with E-state index in [4.69, 9.17) is 4.42 Å². The number of nitrogens with zero attached hydrogens (tertiary/aromatic N) is 1. The third-order valence-corrected chi connectivity index (χ3v) is 15.7. The molecule has 70 heavy (non-hydrogen) atoms. The standard InChI is InChI=1S/C67H43NOS/c1-3-16-50(17-4-1)67(51-18-5-2-6-19-51)61-23-10-7-20-55(61)58-43-54(36-37-62(58)67)68(53-34-28-45(29-35-53)48-30-38-64-59(41-48)56-21-8-11-24-63(56)69-64)52-32-26-44(27-33-52)46-14-13-15-47(40-46)49-31-39-66-60(42-49)57-22-9-12-25-65(57)70-66/h1-43H. The fraction of sp³-hybridized carbons (Fsp3) is 0.0149. The molecule has 0 aliphatic heterocycles. The molecule has 2 heterocycles. The van der Waals surface area contributed by atoms with Gasteiger partial charge in [0.05, 0.1) is 5.41 Å². The maximum atomic E-state index is 6.19. The van der Waals surface area contributed by atoms with Crippen molar-refractivity contribution >= 4 is 70.5 Å². The quantitative estimate of drug-likeness (QED) is 0.151. The van der Waals surface area contributed by atoms with Gasteiger partial charge in [-0.05, 0) is 146 Å². The summed E-state index contributed by atoms with van der Waals surface area (Å²) >= 11 is 1.86. The Bertz CT molecular complexity index is 4070. The van der Waals surface area contributed by atoms with Gasteiger partial charge in [0.15, 0.2) is 0 Å². The Hall–Kier alpha value is -8.76. The van der Waals surface area contributed by atoms with E-state index < -0.39 is 5.41 Å². The van der Waals surface area contributed by atoms with Crippen molar-refractivity contribution in [3.05, 3.63) is 283 Å². The summed E-state index contributed by atoms with van der Waals surface area (Å²) in [5, 5.41) is 4.89. The van der Waals surface area contributed by atoms with Gasteiger partial charge in [-0.2, -0.15) is 0 Å². The van der Waals surface area contributed by atoms with Crippen LogP contribution in [0.2, 0.25) is 0 Å². The minimum absolute atomic E-state index is 0.472. The molecule has 0 saturated carbocycles. The van der Waals surface area contributed by atoms with E-state index in [-0.39, 0.29) is 0 Å². The molecule has 1 aliphatic carbocycles. The molecule has 0 spiro atoms. The highest BCUT2D eigenvalue weighted by Crippen LogP contribution is 2.57. The van der Waals surface area contributed by atoms with Crippen LogP contribution in [0.5, 0.6) is 0 Å². The number of anilines is 3. The summed E-state index contributed by atoms with van der Waals surface area (Å²) in [5.41, 5.74) is 19.3. The number of furan rings is 1. The highest BCUT2D eigenvalue weighted by atomic mass is 32.1. The SMILES string of the molecule is c1ccc(C2(c3ccccc3)c3ccccc3-c3cc(N(c4ccc(-c5cccc(-c6ccc7sc8ccccc8c7c6)c5)cc4)c4ccc(-c5ccc6oc7ccccc7c6c5)cc4)ccc32)cc1. The van der Waals surface area contributed by atoms with Crippen LogP contribution in [0.4, 0.5) is 17.1 Å². The first-order valence-electron chi connectivity index (χ1n) is 24.0. The molecule has 14 rings (SSSR count). The Balaban J connectivity index is 0.886. The van der Waals surface area contributed by atoms with Crippen LogP contribution in [-0.4, -0.2) is 0 Å². The molecule has 0 amide bonds. The first-order chi connectivity index (χ1) is 34.7. The molecule has 328 valence electrons. The van der Waals surface area contributed by atoms with Gasteiger partial charge in [0.25, 0.3) is 0 Å². The van der Waals surface area contributed by atoms with Gasteiger partial charge in [-0.15, -0.1) is 11.3 Å². The molecular weight excluding hydrogens is 867 g/mol. The molecule has 1 aliphatic rings. The molecule has 11 aromatic carbocycles. The third-order valence-electron chi connectivity index (χ3n) is 14.6. The topological polar surface area (TPSA) is 16.4 Å². The monoisotopic (exact) mass is 909 g/mol. The van der Waals surface area contributed by atoms with Crippen molar-refractivity contribution in [3.8, 4) is 44.5 Å². The highest BCUT2D eigenvalue weighted by Gasteiger charge is 2.46. The van der Waals surface area contributed by atoms with E-state index in [1.807, 2.05) is 23.5 Å². The molecule has 2 nitrogen and oxygen atoms in total. The third kappa shape index (κ3) is 6.40. The van der Waals surface area contributed by atoms with Crippen molar-refractivity contribution in [2.45, 2.75) is 5.41 Å². The van der Waals surface area contributed by atoms with Crippen LogP contribution in [0, 0.1) is 0 Å². The zero-order chi connectivity index (χ0) is 46.2. The fourth-order valence-electron chi connectivity index (χ4n) is 11.3. The zero-order valence-electron chi connectivity index (χ0n) is 38.1. The average molecular weight is 910 g/mol. The van der Waals surface area contributed by atoms with E-state index in [9.17, 15) is 0 Å². The lowest BCUT2D eigenvalue weighted by molar-refractivity contribution is 0.669. The Kier molecular flexibility index (Phi) is 9.33. The van der Waals surface area contributed by atoms with E-state index in [0.717, 1.165) is 50.1 Å². The Morgan fingerprint density at radius 2 is 0.814 bits per heavy atom. The summed E-state index contributed by atoms with van der Waals surface area (Å²) in [4.78, 5) is 2.41. The van der Waals surface area contributed by atoms with E-state index in [2.05, 4.69) is 254 Å². The van der Waals surface area contributed by atoms with E-state index in [1.165, 1.54) is 75.8 Å². The lowest BCUT2D eigenvalue weighted by Crippen LogP contribution is -2.28. The maximum Gasteiger partial charge on any atom is 0.135 e. The first-order valence-corrected chi connectivity index (χ1v) is 24.8. The molecule has 0 radical (unpaired) electrons. The Morgan fingerprint density at radius 3 is 1.56 bits per heavy atom. The van der Waals surface area contributed by atoms with E-state index >= 15 is 0 Å². The number of hydrogen-bond donors (Lipinski definition) is 0. The maximum absolute atomic E-state index is 6.19. The van der Waals surface area contributed by atoms with Gasteiger partial charge >= 0.3 is 0 Å². The van der Waals surface area contributed by atoms with E-state index in [1.54, 1.807) is 0 Å². The smallest absolute Gasteiger partial charge is 0.135 e. The predicted octanol–water partition coefficient (Wildman–Crippen LogP) is 18.8. The van der Waals surface area contributed by atoms with Crippen molar-refractivity contribution < 1.29 is 4.42 Å². The van der Waals surface area contributed by atoms with E-state index in [0.29, 0.717) is 0 Å². The van der Waals surface area contributed by atoms with Gasteiger partial charge in [-0.1, -0.05) is 182 Å². The molecular formula is C67H43NOS. The van der Waals surface area contributed by atoms with Gasteiger partial charge < -0.3 is 9.32 Å². The number of fused-ring (bicyclic) bond motifs is 9. The second-order valence-corrected chi connectivity index (χ2v) is 19.5. The first kappa shape index (κ1) is 40.3. The van der Waals surface area contributed by atoms with Crippen LogP contribution in [0.3, 0.4) is 0 Å². The molecule has 2 aromatic heterocycles. The predicted molar refractivity (Wildman–Crippen MR) is 295 cm³/mol. The molecule has 0 fully saturated rings. The average Bonchev–Trinajstić information content (AvgIpc) is 4.10. The number of hydrogen-bond acceptors (Lipinski definition) is 3. The molecule has 0 bridgehead atoms. The second kappa shape index (κ2) is 16.2. The number of thiophene rings is 1. The van der Waals surface area contributed by atoms with Crippen molar-refractivity contribution in [1.82, 2.24) is 0 Å². The van der Waals surface area contributed by atoms with Gasteiger partial charge in [0.1, 0.15) is 11.2 Å². The van der Waals surface area contributed by atoms with Gasteiger partial charge in [0, 0.05) is 48.0 Å². The molecule has 0 atom stereocenters. The second-order valence-electron chi connectivity index (χ2n) is 18.4. The Labute approximate surface area is 410 Å². The van der Waals surface area contributed by atoms with Gasteiger partial charge in [0.2, 0.25) is 0 Å². The molecule has 3 heteroatoms. The molecule has 0 saturated heterocycles. The van der Waals surface area contributed by atoms with Crippen molar-refractivity contribution in [2.75, 3.05) is 4.90 Å². The zero-order valence-corrected chi connectivity index (χ0v) is 38.9. The van der Waals surface area contributed by atoms with Crippen molar-refractivity contribution in [1.29, 1.82) is 0 Å². The van der Waals surface area contributed by atoms with Crippen LogP contribution >= 0.6 is 11.3 Å². The lowest BCUT2D eigenvalue weighted by Gasteiger charge is -2.34. The van der Waals surface area contributed by atoms with Crippen LogP contribution in [-0.2, 0) is 5.41 Å². The van der Waals surface area contributed by atoms with Crippen molar-refractivity contribution in [2.24, 2.45) is 0 Å². The summed E-state index contributed by atoms with van der Waals surface area (Å²) in [6.45, 7) is 0. The van der Waals surface area contributed by atoms with Crippen LogP contribution in [0.1, 0.15) is 22.3 Å². The number of benzene rings is 11. The lowest BCUT2D eigenvalue weighted by atomic mass is 9.68. The summed E-state index contributed by atoms with van der Waals surface area (Å²) in [5.74, 6) is 0. The van der Waals surface area contributed by atoms with Gasteiger partial charge in [-0.25, -0.2) is 0 Å². The largest absolute Gasteiger partial charge is 0.456 e. The summed E-state index contributed by atoms with van der Waals surface area (Å²) < 4.78 is 8.83. The Morgan fingerprint density at radius 1 is 0.300 bits per heavy atom. The fourth-order valence-corrected chi connectivity index (χ4v) is 12.4. The summed E-state index contributed by atoms with van der Waals surface area (Å²) in [6, 6.07) is 95.6. The molecule has 13 aromatic rings. The van der Waals surface area contributed by atoms with Gasteiger partial charge in [-0.3, -0.25) is 0 Å². The normalized spacial score (nSPS) is 12.7. The number of rotatable bonds is 8. The minimum atomic E-state index is -0.472. The highest BCUT2D eigenvalue weighted by molar-refractivity contribution is 7.25. The number of para-hydroxylation sites is 1.